The number of ether oxygens (including phenoxy) is 2. The Morgan fingerprint density at radius 2 is 1.94 bits per heavy atom. The molecule has 2 fully saturated rings. The third kappa shape index (κ3) is 4.84. The molecule has 2 N–H and O–H groups in total. The Hall–Kier alpha value is -2.61. The van der Waals surface area contributed by atoms with Crippen LogP contribution in [-0.4, -0.2) is 61.1 Å². The second kappa shape index (κ2) is 9.26. The van der Waals surface area contributed by atoms with Gasteiger partial charge in [-0.25, -0.2) is 4.39 Å². The van der Waals surface area contributed by atoms with Crippen molar-refractivity contribution in [3.63, 3.8) is 0 Å². The molecule has 0 spiro atoms. The summed E-state index contributed by atoms with van der Waals surface area (Å²) in [5, 5.41) is 0.366. The molecule has 31 heavy (non-hydrogen) atoms. The largest absolute Gasteiger partial charge is 0.495 e. The Labute approximate surface area is 186 Å². The molecule has 2 heterocycles. The summed E-state index contributed by atoms with van der Waals surface area (Å²) in [5.74, 6) is -0.0258. The minimum absolute atomic E-state index is 0.193. The molecule has 2 saturated heterocycles. The van der Waals surface area contributed by atoms with Crippen LogP contribution in [-0.2, 0) is 11.3 Å². The second-order valence-electron chi connectivity index (χ2n) is 7.85. The van der Waals surface area contributed by atoms with E-state index in [0.717, 1.165) is 25.2 Å². The fraction of sp³-hybridized carbons (Fsp3) is 0.348. The zero-order valence-electron chi connectivity index (χ0n) is 17.3. The number of ketones is 1. The van der Waals surface area contributed by atoms with Crippen LogP contribution in [0.25, 0.3) is 0 Å². The third-order valence-corrected chi connectivity index (χ3v) is 6.05. The molecule has 0 aliphatic carbocycles. The summed E-state index contributed by atoms with van der Waals surface area (Å²) in [6, 6.07) is 10.1. The highest BCUT2D eigenvalue weighted by molar-refractivity contribution is 6.32. The second-order valence-corrected chi connectivity index (χ2v) is 8.26. The minimum Gasteiger partial charge on any atom is -0.495 e. The van der Waals surface area contributed by atoms with E-state index in [1.54, 1.807) is 6.07 Å². The lowest BCUT2D eigenvalue weighted by Crippen LogP contribution is -2.63. The first-order chi connectivity index (χ1) is 14.9. The van der Waals surface area contributed by atoms with Crippen LogP contribution < -0.4 is 10.5 Å². The number of nitrogens with two attached hydrogens (primary N) is 1. The molecular formula is C23H25ClFN3O3. The van der Waals surface area contributed by atoms with E-state index in [4.69, 9.17) is 26.8 Å². The number of rotatable bonds is 6. The topological polar surface area (TPSA) is 68.0 Å². The third-order valence-electron chi connectivity index (χ3n) is 5.75. The first-order valence-electron chi connectivity index (χ1n) is 10.1. The summed E-state index contributed by atoms with van der Waals surface area (Å²) in [4.78, 5) is 17.3. The van der Waals surface area contributed by atoms with E-state index in [1.807, 2.05) is 18.3 Å². The van der Waals surface area contributed by atoms with Gasteiger partial charge in [-0.05, 0) is 29.8 Å². The molecular weight excluding hydrogens is 421 g/mol. The Morgan fingerprint density at radius 1 is 1.26 bits per heavy atom. The number of carbonyl (C=O) groups is 1. The number of anilines is 1. The van der Waals surface area contributed by atoms with Crippen molar-refractivity contribution in [2.45, 2.75) is 18.6 Å². The van der Waals surface area contributed by atoms with Gasteiger partial charge in [-0.3, -0.25) is 9.69 Å². The Kier molecular flexibility index (Phi) is 6.46. The molecule has 6 nitrogen and oxygen atoms in total. The number of hydrogen-bond donors (Lipinski definition) is 1. The first-order valence-corrected chi connectivity index (χ1v) is 10.5. The zero-order chi connectivity index (χ0) is 22.0. The molecule has 0 aromatic heterocycles. The lowest BCUT2D eigenvalue weighted by atomic mass is 10.0. The maximum Gasteiger partial charge on any atom is 0.189 e. The van der Waals surface area contributed by atoms with Crippen molar-refractivity contribution in [1.82, 2.24) is 9.80 Å². The van der Waals surface area contributed by atoms with Crippen LogP contribution >= 0.6 is 11.6 Å². The summed E-state index contributed by atoms with van der Waals surface area (Å²) in [7, 11) is 1.49. The number of benzene rings is 2. The zero-order valence-corrected chi connectivity index (χ0v) is 18.0. The number of halogens is 2. The van der Waals surface area contributed by atoms with E-state index >= 15 is 0 Å². The lowest BCUT2D eigenvalue weighted by Gasteiger charge is -2.49. The van der Waals surface area contributed by atoms with Crippen molar-refractivity contribution >= 4 is 23.1 Å². The van der Waals surface area contributed by atoms with Crippen LogP contribution in [0.15, 0.2) is 48.7 Å². The quantitative estimate of drug-likeness (QED) is 0.418. The van der Waals surface area contributed by atoms with Crippen molar-refractivity contribution in [2.75, 3.05) is 39.1 Å². The van der Waals surface area contributed by atoms with Gasteiger partial charge in [0.05, 0.1) is 37.4 Å². The Bertz CT molecular complexity index is 969. The van der Waals surface area contributed by atoms with Crippen LogP contribution in [0.5, 0.6) is 5.75 Å². The summed E-state index contributed by atoms with van der Waals surface area (Å²) in [5.41, 5.74) is 7.72. The molecule has 2 aliphatic heterocycles. The lowest BCUT2D eigenvalue weighted by molar-refractivity contribution is -0.0923. The van der Waals surface area contributed by atoms with Crippen LogP contribution in [0, 0.1) is 5.82 Å². The van der Waals surface area contributed by atoms with Gasteiger partial charge in [-0.2, -0.15) is 0 Å². The maximum absolute atomic E-state index is 13.2. The number of methoxy groups -OCH3 is 1. The van der Waals surface area contributed by atoms with E-state index in [2.05, 4.69) is 9.80 Å². The van der Waals surface area contributed by atoms with Gasteiger partial charge in [-0.15, -0.1) is 0 Å². The summed E-state index contributed by atoms with van der Waals surface area (Å²) in [6.07, 6.45) is 3.36. The number of fused-ring (bicyclic) bond motifs is 2. The summed E-state index contributed by atoms with van der Waals surface area (Å²) < 4.78 is 24.2. The van der Waals surface area contributed by atoms with Crippen LogP contribution in [0.1, 0.15) is 15.9 Å². The van der Waals surface area contributed by atoms with Gasteiger partial charge in [0.15, 0.2) is 5.78 Å². The molecule has 2 aliphatic rings. The minimum atomic E-state index is -0.231. The Balaban J connectivity index is 1.43. The molecule has 4 rings (SSSR count). The monoisotopic (exact) mass is 445 g/mol. The number of nitrogen functional groups attached to an aromatic ring is 1. The van der Waals surface area contributed by atoms with Crippen molar-refractivity contribution < 1.29 is 18.7 Å². The predicted octanol–water partition coefficient (Wildman–Crippen LogP) is 3.35. The molecule has 2 unspecified atom stereocenters. The fourth-order valence-electron chi connectivity index (χ4n) is 4.14. The molecule has 2 bridgehead atoms. The molecule has 2 atom stereocenters. The molecule has 0 saturated carbocycles. The SMILES string of the molecule is COc1cc(C(=O)/C=C/N2CC3COCC(C2)N3Cc2ccc(F)cc2)c(N)cc1Cl. The fourth-order valence-corrected chi connectivity index (χ4v) is 4.39. The maximum atomic E-state index is 13.2. The molecule has 8 heteroatoms. The summed E-state index contributed by atoms with van der Waals surface area (Å²) >= 11 is 6.06. The average molecular weight is 446 g/mol. The van der Waals surface area contributed by atoms with E-state index in [-0.39, 0.29) is 23.7 Å². The van der Waals surface area contributed by atoms with Crippen LogP contribution in [0.4, 0.5) is 10.1 Å². The molecule has 2 aromatic rings. The van der Waals surface area contributed by atoms with Gasteiger partial charge in [0, 0.05) is 43.2 Å². The van der Waals surface area contributed by atoms with Gasteiger partial charge >= 0.3 is 0 Å². The molecule has 2 aromatic carbocycles. The van der Waals surface area contributed by atoms with E-state index in [1.165, 1.54) is 31.4 Å². The number of hydrogen-bond acceptors (Lipinski definition) is 6. The standard InChI is InChI=1S/C23H25ClFN3O3/c1-30-23-8-19(21(26)9-20(23)24)22(29)6-7-27-11-17-13-31-14-18(12-27)28(17)10-15-2-4-16(25)5-3-15/h2-9,17-18H,10-14,26H2,1H3/b7-6+. The number of morpholine rings is 1. The Morgan fingerprint density at radius 3 is 2.58 bits per heavy atom. The van der Waals surface area contributed by atoms with Gasteiger partial charge in [0.1, 0.15) is 11.6 Å². The smallest absolute Gasteiger partial charge is 0.189 e. The van der Waals surface area contributed by atoms with E-state index in [0.29, 0.717) is 35.2 Å². The number of carbonyl (C=O) groups excluding carboxylic acids is 1. The average Bonchev–Trinajstić information content (AvgIpc) is 2.74. The first kappa shape index (κ1) is 21.6. The van der Waals surface area contributed by atoms with Crippen LogP contribution in [0.3, 0.4) is 0 Å². The highest BCUT2D eigenvalue weighted by Gasteiger charge is 2.37. The van der Waals surface area contributed by atoms with Gasteiger partial charge < -0.3 is 20.1 Å². The number of nitrogens with zero attached hydrogens (tertiary/aromatic N) is 2. The summed E-state index contributed by atoms with van der Waals surface area (Å²) in [6.45, 7) is 3.47. The highest BCUT2D eigenvalue weighted by Crippen LogP contribution is 2.30. The molecule has 0 amide bonds. The van der Waals surface area contributed by atoms with Gasteiger partial charge in [0.25, 0.3) is 0 Å². The normalized spacial score (nSPS) is 21.5. The molecule has 164 valence electrons. The highest BCUT2D eigenvalue weighted by atomic mass is 35.5. The van der Waals surface area contributed by atoms with Gasteiger partial charge in [-0.1, -0.05) is 23.7 Å². The van der Waals surface area contributed by atoms with Crippen LogP contribution in [0.2, 0.25) is 5.02 Å². The van der Waals surface area contributed by atoms with E-state index in [9.17, 15) is 9.18 Å². The predicted molar refractivity (Wildman–Crippen MR) is 118 cm³/mol. The van der Waals surface area contributed by atoms with Crippen molar-refractivity contribution in [2.24, 2.45) is 0 Å². The van der Waals surface area contributed by atoms with E-state index < -0.39 is 0 Å². The van der Waals surface area contributed by atoms with Crippen molar-refractivity contribution in [3.05, 3.63) is 70.6 Å². The van der Waals surface area contributed by atoms with Crippen molar-refractivity contribution in [1.29, 1.82) is 0 Å². The number of piperazine rings is 1. The van der Waals surface area contributed by atoms with Crippen molar-refractivity contribution in [3.8, 4) is 5.75 Å². The molecule has 0 radical (unpaired) electrons. The number of allylic oxidation sites excluding steroid dienone is 1. The van der Waals surface area contributed by atoms with Gasteiger partial charge in [0.2, 0.25) is 0 Å².